The van der Waals surface area contributed by atoms with Gasteiger partial charge in [0.05, 0.1) is 0 Å². The second-order valence-corrected chi connectivity index (χ2v) is 3.86. The van der Waals surface area contributed by atoms with Crippen molar-refractivity contribution in [2.24, 2.45) is 5.11 Å². The Bertz CT molecular complexity index is 657. The van der Waals surface area contributed by atoms with Gasteiger partial charge in [-0.15, -0.1) is 0 Å². The van der Waals surface area contributed by atoms with Gasteiger partial charge >= 0.3 is 0 Å². The van der Waals surface area contributed by atoms with Crippen LogP contribution in [0.25, 0.3) is 22.6 Å². The minimum atomic E-state index is -0.152. The predicted octanol–water partition coefficient (Wildman–Crippen LogP) is 4.21. The molecule has 0 spiro atoms. The van der Waals surface area contributed by atoms with Gasteiger partial charge in [0.1, 0.15) is 0 Å². The quantitative estimate of drug-likeness (QED) is 0.282. The molecule has 2 aromatic rings. The summed E-state index contributed by atoms with van der Waals surface area (Å²) in [6, 6.07) is 11.7. The second kappa shape index (κ2) is 5.62. The van der Waals surface area contributed by atoms with Crippen LogP contribution in [0.3, 0.4) is 0 Å². The van der Waals surface area contributed by atoms with E-state index < -0.39 is 0 Å². The smallest absolute Gasteiger partial charge is 0.157 e. The highest BCUT2D eigenvalue weighted by atomic mass is 16.3. The average Bonchev–Trinajstić information content (AvgIpc) is 2.42. The average molecular weight is 253 g/mol. The number of phenols is 2. The highest BCUT2D eigenvalue weighted by Gasteiger charge is 1.97. The van der Waals surface area contributed by atoms with E-state index in [9.17, 15) is 10.2 Å². The lowest BCUT2D eigenvalue weighted by molar-refractivity contribution is 0.403. The Morgan fingerprint density at radius 3 is 2.16 bits per heavy atom. The molecule has 0 aliphatic heterocycles. The summed E-state index contributed by atoms with van der Waals surface area (Å²) < 4.78 is 0. The molecule has 0 saturated heterocycles. The van der Waals surface area contributed by atoms with Crippen molar-refractivity contribution in [3.8, 4) is 11.5 Å². The number of aromatic hydroxyl groups is 2. The summed E-state index contributed by atoms with van der Waals surface area (Å²) in [6.07, 6.45) is 3.66. The van der Waals surface area contributed by atoms with Crippen molar-refractivity contribution in [3.63, 3.8) is 0 Å². The highest BCUT2D eigenvalue weighted by molar-refractivity contribution is 5.71. The predicted molar refractivity (Wildman–Crippen MR) is 73.9 cm³/mol. The fourth-order valence-electron chi connectivity index (χ4n) is 1.54. The zero-order valence-corrected chi connectivity index (χ0v) is 9.93. The molecular weight excluding hydrogens is 242 g/mol. The molecule has 0 heterocycles. The van der Waals surface area contributed by atoms with Gasteiger partial charge in [-0.05, 0) is 28.8 Å². The minimum absolute atomic E-state index is 0.143. The van der Waals surface area contributed by atoms with E-state index in [2.05, 4.69) is 10.0 Å². The molecule has 2 N–H and O–H groups in total. The standard InChI is InChI=1S/C14H11N3O2/c15-17-16-12-6-3-10(4-7-12)1-2-11-5-8-13(18)14(19)9-11/h1-9,18-19H/b2-1+. The van der Waals surface area contributed by atoms with E-state index in [-0.39, 0.29) is 11.5 Å². The molecule has 94 valence electrons. The van der Waals surface area contributed by atoms with Crippen molar-refractivity contribution in [1.82, 2.24) is 0 Å². The third-order valence-corrected chi connectivity index (χ3v) is 2.52. The molecule has 0 aliphatic rings. The van der Waals surface area contributed by atoms with E-state index in [1.54, 1.807) is 18.2 Å². The molecule has 0 radical (unpaired) electrons. The molecule has 0 amide bonds. The van der Waals surface area contributed by atoms with Gasteiger partial charge in [-0.3, -0.25) is 0 Å². The molecule has 0 bridgehead atoms. The topological polar surface area (TPSA) is 89.2 Å². The summed E-state index contributed by atoms with van der Waals surface area (Å²) in [7, 11) is 0. The maximum atomic E-state index is 9.36. The van der Waals surface area contributed by atoms with Gasteiger partial charge in [0, 0.05) is 10.6 Å². The molecule has 0 unspecified atom stereocenters. The Morgan fingerprint density at radius 1 is 0.895 bits per heavy atom. The Labute approximate surface area is 109 Å². The van der Waals surface area contributed by atoms with Crippen LogP contribution in [0, 0.1) is 0 Å². The lowest BCUT2D eigenvalue weighted by Gasteiger charge is -1.99. The molecule has 19 heavy (non-hydrogen) atoms. The van der Waals surface area contributed by atoms with Crippen molar-refractivity contribution < 1.29 is 10.2 Å². The first-order valence-corrected chi connectivity index (χ1v) is 5.54. The van der Waals surface area contributed by atoms with Gasteiger partial charge in [0.2, 0.25) is 0 Å². The summed E-state index contributed by atoms with van der Waals surface area (Å²) in [6.45, 7) is 0. The lowest BCUT2D eigenvalue weighted by Crippen LogP contribution is -1.74. The highest BCUT2D eigenvalue weighted by Crippen LogP contribution is 2.25. The lowest BCUT2D eigenvalue weighted by atomic mass is 10.1. The fourth-order valence-corrected chi connectivity index (χ4v) is 1.54. The third kappa shape index (κ3) is 3.28. The first kappa shape index (κ1) is 12.5. The number of nitrogens with zero attached hydrogens (tertiary/aromatic N) is 3. The number of phenolic OH excluding ortho intramolecular Hbond substituents is 2. The van der Waals surface area contributed by atoms with Crippen LogP contribution in [-0.2, 0) is 0 Å². The number of hydrogen-bond acceptors (Lipinski definition) is 3. The molecule has 0 fully saturated rings. The Kier molecular flexibility index (Phi) is 3.71. The second-order valence-electron chi connectivity index (χ2n) is 3.86. The van der Waals surface area contributed by atoms with E-state index in [1.165, 1.54) is 12.1 Å². The van der Waals surface area contributed by atoms with Gasteiger partial charge in [0.25, 0.3) is 0 Å². The number of benzene rings is 2. The molecule has 5 nitrogen and oxygen atoms in total. The fraction of sp³-hybridized carbons (Fsp3) is 0. The molecule has 2 rings (SSSR count). The number of rotatable bonds is 3. The van der Waals surface area contributed by atoms with Crippen LogP contribution in [0.15, 0.2) is 47.6 Å². The van der Waals surface area contributed by atoms with Crippen LogP contribution in [0.4, 0.5) is 5.69 Å². The van der Waals surface area contributed by atoms with E-state index >= 15 is 0 Å². The number of azide groups is 1. The van der Waals surface area contributed by atoms with Crippen molar-refractivity contribution in [2.75, 3.05) is 0 Å². The Hall–Kier alpha value is -2.91. The molecule has 0 atom stereocenters. The molecule has 5 heteroatoms. The van der Waals surface area contributed by atoms with Gasteiger partial charge < -0.3 is 10.2 Å². The first-order valence-electron chi connectivity index (χ1n) is 5.54. The zero-order chi connectivity index (χ0) is 13.7. The SMILES string of the molecule is [N-]=[N+]=Nc1ccc(/C=C/c2ccc(O)c(O)c2)cc1. The van der Waals surface area contributed by atoms with Gasteiger partial charge in [-0.25, -0.2) is 0 Å². The summed E-state index contributed by atoms with van der Waals surface area (Å²) in [5.74, 6) is -0.295. The maximum Gasteiger partial charge on any atom is 0.157 e. The van der Waals surface area contributed by atoms with Gasteiger partial charge in [-0.1, -0.05) is 47.6 Å². The van der Waals surface area contributed by atoms with Gasteiger partial charge in [0.15, 0.2) is 11.5 Å². The van der Waals surface area contributed by atoms with E-state index in [0.717, 1.165) is 11.1 Å². The largest absolute Gasteiger partial charge is 0.504 e. The minimum Gasteiger partial charge on any atom is -0.504 e. The van der Waals surface area contributed by atoms with E-state index in [0.29, 0.717) is 5.69 Å². The van der Waals surface area contributed by atoms with Crippen molar-refractivity contribution in [2.45, 2.75) is 0 Å². The summed E-state index contributed by atoms with van der Waals surface area (Å²) in [4.78, 5) is 2.70. The van der Waals surface area contributed by atoms with E-state index in [4.69, 9.17) is 5.53 Å². The van der Waals surface area contributed by atoms with Crippen LogP contribution in [0.1, 0.15) is 11.1 Å². The van der Waals surface area contributed by atoms with E-state index in [1.807, 2.05) is 24.3 Å². The van der Waals surface area contributed by atoms with Crippen molar-refractivity contribution >= 4 is 17.8 Å². The summed E-state index contributed by atoms with van der Waals surface area (Å²) >= 11 is 0. The summed E-state index contributed by atoms with van der Waals surface area (Å²) in [5, 5.41) is 22.0. The number of hydrogen-bond donors (Lipinski definition) is 2. The van der Waals surface area contributed by atoms with Crippen LogP contribution in [0.5, 0.6) is 11.5 Å². The molecule has 0 aromatic heterocycles. The normalized spacial score (nSPS) is 10.3. The molecule has 0 aliphatic carbocycles. The molecule has 0 saturated carbocycles. The maximum absolute atomic E-state index is 9.36. The van der Waals surface area contributed by atoms with Crippen LogP contribution in [0.2, 0.25) is 0 Å². The monoisotopic (exact) mass is 253 g/mol. The zero-order valence-electron chi connectivity index (χ0n) is 9.93. The van der Waals surface area contributed by atoms with Crippen molar-refractivity contribution in [3.05, 3.63) is 64.0 Å². The van der Waals surface area contributed by atoms with Crippen LogP contribution in [-0.4, -0.2) is 10.2 Å². The molecule has 2 aromatic carbocycles. The van der Waals surface area contributed by atoms with Crippen LogP contribution < -0.4 is 0 Å². The van der Waals surface area contributed by atoms with Gasteiger partial charge in [-0.2, -0.15) is 0 Å². The Balaban J connectivity index is 2.17. The third-order valence-electron chi connectivity index (χ3n) is 2.52. The van der Waals surface area contributed by atoms with Crippen LogP contribution >= 0.6 is 0 Å². The molecular formula is C14H11N3O2. The Morgan fingerprint density at radius 2 is 1.53 bits per heavy atom. The van der Waals surface area contributed by atoms with Crippen molar-refractivity contribution in [1.29, 1.82) is 0 Å². The summed E-state index contributed by atoms with van der Waals surface area (Å²) in [5.41, 5.74) is 10.6. The first-order chi connectivity index (χ1) is 9.19.